The molecular formula is C29H30N4O4. The fraction of sp³-hybridized carbons (Fsp3) is 0.241. The molecule has 0 aliphatic heterocycles. The minimum atomic E-state index is -0.957. The molecule has 0 radical (unpaired) electrons. The predicted octanol–water partition coefficient (Wildman–Crippen LogP) is 4.42. The first-order chi connectivity index (χ1) is 18.1. The molecule has 0 aromatic heterocycles. The quantitative estimate of drug-likeness (QED) is 0.243. The first-order valence-electron chi connectivity index (χ1n) is 12.4. The SMILES string of the molecule is O=C(N/N=C\c1ccccc1OCc1ccccc1)C(=O)Nc1ccccc1C(=O)NC1CCCCC1. The number of rotatable bonds is 8. The smallest absolute Gasteiger partial charge is 0.329 e. The highest BCUT2D eigenvalue weighted by molar-refractivity contribution is 6.40. The van der Waals surface area contributed by atoms with E-state index in [4.69, 9.17) is 4.74 Å². The third-order valence-electron chi connectivity index (χ3n) is 6.09. The minimum Gasteiger partial charge on any atom is -0.488 e. The number of hydrazone groups is 1. The number of ether oxygens (including phenoxy) is 1. The summed E-state index contributed by atoms with van der Waals surface area (Å²) in [6.45, 7) is 0.383. The molecule has 3 N–H and O–H groups in total. The molecule has 0 saturated heterocycles. The van der Waals surface area contributed by atoms with Gasteiger partial charge in [-0.15, -0.1) is 0 Å². The topological polar surface area (TPSA) is 109 Å². The molecule has 37 heavy (non-hydrogen) atoms. The lowest BCUT2D eigenvalue weighted by Gasteiger charge is -2.23. The van der Waals surface area contributed by atoms with Crippen LogP contribution < -0.4 is 20.8 Å². The van der Waals surface area contributed by atoms with Crippen LogP contribution in [0.3, 0.4) is 0 Å². The summed E-state index contributed by atoms with van der Waals surface area (Å²) in [7, 11) is 0. The molecule has 4 rings (SSSR count). The summed E-state index contributed by atoms with van der Waals surface area (Å²) in [4.78, 5) is 37.6. The number of hydrogen-bond donors (Lipinski definition) is 3. The fourth-order valence-electron chi connectivity index (χ4n) is 4.14. The summed E-state index contributed by atoms with van der Waals surface area (Å²) in [5.74, 6) is -1.56. The summed E-state index contributed by atoms with van der Waals surface area (Å²) in [6.07, 6.45) is 6.67. The summed E-state index contributed by atoms with van der Waals surface area (Å²) in [5.41, 5.74) is 4.46. The molecule has 1 saturated carbocycles. The number of anilines is 1. The molecular weight excluding hydrogens is 468 g/mol. The van der Waals surface area contributed by atoms with Gasteiger partial charge in [-0.25, -0.2) is 5.43 Å². The third-order valence-corrected chi connectivity index (χ3v) is 6.09. The van der Waals surface area contributed by atoms with E-state index >= 15 is 0 Å². The van der Waals surface area contributed by atoms with E-state index in [2.05, 4.69) is 21.2 Å². The van der Waals surface area contributed by atoms with Crippen LogP contribution in [0.25, 0.3) is 0 Å². The van der Waals surface area contributed by atoms with E-state index in [1.54, 1.807) is 36.4 Å². The number of benzene rings is 3. The van der Waals surface area contributed by atoms with Crippen molar-refractivity contribution >= 4 is 29.6 Å². The highest BCUT2D eigenvalue weighted by Gasteiger charge is 2.20. The minimum absolute atomic E-state index is 0.127. The lowest BCUT2D eigenvalue weighted by Crippen LogP contribution is -2.37. The van der Waals surface area contributed by atoms with Gasteiger partial charge in [-0.2, -0.15) is 5.10 Å². The molecule has 1 aliphatic carbocycles. The van der Waals surface area contributed by atoms with E-state index in [0.717, 1.165) is 31.2 Å². The van der Waals surface area contributed by atoms with E-state index < -0.39 is 11.8 Å². The Kier molecular flexibility index (Phi) is 9.02. The molecule has 0 unspecified atom stereocenters. The maximum Gasteiger partial charge on any atom is 0.329 e. The Morgan fingerprint density at radius 2 is 1.54 bits per heavy atom. The second-order valence-electron chi connectivity index (χ2n) is 8.82. The number of nitrogens with one attached hydrogen (secondary N) is 3. The predicted molar refractivity (Wildman–Crippen MR) is 142 cm³/mol. The number of hydrogen-bond acceptors (Lipinski definition) is 5. The Balaban J connectivity index is 1.33. The van der Waals surface area contributed by atoms with Gasteiger partial charge >= 0.3 is 11.8 Å². The van der Waals surface area contributed by atoms with E-state index in [1.165, 1.54) is 12.6 Å². The summed E-state index contributed by atoms with van der Waals surface area (Å²) in [5, 5.41) is 9.46. The largest absolute Gasteiger partial charge is 0.488 e. The van der Waals surface area contributed by atoms with Crippen LogP contribution in [0, 0.1) is 0 Å². The zero-order valence-electron chi connectivity index (χ0n) is 20.5. The van der Waals surface area contributed by atoms with Crippen LogP contribution >= 0.6 is 0 Å². The highest BCUT2D eigenvalue weighted by Crippen LogP contribution is 2.20. The van der Waals surface area contributed by atoms with Gasteiger partial charge in [0.2, 0.25) is 0 Å². The maximum atomic E-state index is 12.8. The van der Waals surface area contributed by atoms with E-state index in [-0.39, 0.29) is 17.6 Å². The van der Waals surface area contributed by atoms with Gasteiger partial charge in [0, 0.05) is 11.6 Å². The normalized spacial score (nSPS) is 13.6. The summed E-state index contributed by atoms with van der Waals surface area (Å²) < 4.78 is 5.88. The molecule has 190 valence electrons. The van der Waals surface area contributed by atoms with Gasteiger partial charge in [0.15, 0.2) is 0 Å². The molecule has 3 aromatic rings. The van der Waals surface area contributed by atoms with Crippen molar-refractivity contribution in [2.24, 2.45) is 5.10 Å². The van der Waals surface area contributed by atoms with E-state index in [9.17, 15) is 14.4 Å². The van der Waals surface area contributed by atoms with Crippen LogP contribution in [0.5, 0.6) is 5.75 Å². The fourth-order valence-corrected chi connectivity index (χ4v) is 4.14. The van der Waals surface area contributed by atoms with Crippen molar-refractivity contribution < 1.29 is 19.1 Å². The van der Waals surface area contributed by atoms with Crippen LogP contribution in [-0.4, -0.2) is 30.0 Å². The number of para-hydroxylation sites is 2. The average molecular weight is 499 g/mol. The van der Waals surface area contributed by atoms with Crippen LogP contribution in [0.2, 0.25) is 0 Å². The van der Waals surface area contributed by atoms with Gasteiger partial charge in [0.05, 0.1) is 17.5 Å². The molecule has 8 nitrogen and oxygen atoms in total. The van der Waals surface area contributed by atoms with Crippen molar-refractivity contribution in [2.45, 2.75) is 44.8 Å². The van der Waals surface area contributed by atoms with Gasteiger partial charge in [-0.3, -0.25) is 14.4 Å². The van der Waals surface area contributed by atoms with Gasteiger partial charge < -0.3 is 15.4 Å². The van der Waals surface area contributed by atoms with Gasteiger partial charge in [-0.05, 0) is 42.7 Å². The van der Waals surface area contributed by atoms with Gasteiger partial charge in [0.25, 0.3) is 5.91 Å². The van der Waals surface area contributed by atoms with E-state index in [0.29, 0.717) is 23.5 Å². The second-order valence-corrected chi connectivity index (χ2v) is 8.82. The van der Waals surface area contributed by atoms with Crippen molar-refractivity contribution in [1.82, 2.24) is 10.7 Å². The zero-order valence-corrected chi connectivity index (χ0v) is 20.5. The summed E-state index contributed by atoms with van der Waals surface area (Å²) in [6, 6.07) is 23.7. The molecule has 0 heterocycles. The number of nitrogens with zero attached hydrogens (tertiary/aromatic N) is 1. The molecule has 0 atom stereocenters. The monoisotopic (exact) mass is 498 g/mol. The van der Waals surface area contributed by atoms with E-state index in [1.807, 2.05) is 42.5 Å². The lowest BCUT2D eigenvalue weighted by atomic mass is 9.95. The Hall–Kier alpha value is -4.46. The van der Waals surface area contributed by atoms with Crippen molar-refractivity contribution in [3.05, 3.63) is 95.6 Å². The van der Waals surface area contributed by atoms with Crippen LogP contribution in [-0.2, 0) is 16.2 Å². The lowest BCUT2D eigenvalue weighted by molar-refractivity contribution is -0.136. The van der Waals surface area contributed by atoms with Crippen molar-refractivity contribution in [2.75, 3.05) is 5.32 Å². The Morgan fingerprint density at radius 1 is 0.838 bits per heavy atom. The molecule has 3 amide bonds. The Labute approximate surface area is 216 Å². The van der Waals surface area contributed by atoms with Crippen molar-refractivity contribution in [1.29, 1.82) is 0 Å². The van der Waals surface area contributed by atoms with Gasteiger partial charge in [0.1, 0.15) is 12.4 Å². The van der Waals surface area contributed by atoms with Crippen LogP contribution in [0.15, 0.2) is 84.0 Å². The molecule has 0 spiro atoms. The first-order valence-corrected chi connectivity index (χ1v) is 12.4. The summed E-state index contributed by atoms with van der Waals surface area (Å²) >= 11 is 0. The maximum absolute atomic E-state index is 12.8. The average Bonchev–Trinajstić information content (AvgIpc) is 2.94. The Morgan fingerprint density at radius 3 is 2.35 bits per heavy atom. The highest BCUT2D eigenvalue weighted by atomic mass is 16.5. The number of carbonyl (C=O) groups is 3. The number of carbonyl (C=O) groups excluding carboxylic acids is 3. The van der Waals surface area contributed by atoms with Crippen LogP contribution in [0.1, 0.15) is 53.6 Å². The first kappa shape index (κ1) is 25.6. The molecule has 3 aromatic carbocycles. The molecule has 0 bridgehead atoms. The van der Waals surface area contributed by atoms with Crippen molar-refractivity contribution in [3.63, 3.8) is 0 Å². The van der Waals surface area contributed by atoms with Crippen LogP contribution in [0.4, 0.5) is 5.69 Å². The van der Waals surface area contributed by atoms with Gasteiger partial charge in [-0.1, -0.05) is 73.9 Å². The second kappa shape index (κ2) is 13.0. The van der Waals surface area contributed by atoms with Crippen molar-refractivity contribution in [3.8, 4) is 5.75 Å². The molecule has 1 fully saturated rings. The Bertz CT molecular complexity index is 1250. The third kappa shape index (κ3) is 7.51. The molecule has 8 heteroatoms. The molecule has 1 aliphatic rings. The zero-order chi connectivity index (χ0) is 25.9. The number of amides is 3. The standard InChI is InChI=1S/C29H30N4O4/c34-27(31-23-14-5-2-6-15-23)24-16-8-9-17-25(24)32-28(35)29(36)33-30-19-22-13-7-10-18-26(22)37-20-21-11-3-1-4-12-21/h1,3-4,7-13,16-19,23H,2,5-6,14-15,20H2,(H,31,34)(H,32,35)(H,33,36)/b30-19-.